The van der Waals surface area contributed by atoms with E-state index in [4.69, 9.17) is 11.6 Å². The van der Waals surface area contributed by atoms with Crippen molar-refractivity contribution in [2.45, 2.75) is 6.92 Å². The lowest BCUT2D eigenvalue weighted by Crippen LogP contribution is -2.34. The van der Waals surface area contributed by atoms with Crippen LogP contribution in [0.3, 0.4) is 0 Å². The van der Waals surface area contributed by atoms with Crippen LogP contribution in [0.4, 0.5) is 16.2 Å². The molecule has 0 spiro atoms. The Labute approximate surface area is 203 Å². The number of nitro benzene ring substituents is 1. The third kappa shape index (κ3) is 5.31. The van der Waals surface area contributed by atoms with Gasteiger partial charge in [0.2, 0.25) is 0 Å². The number of carbonyl (C=O) groups excluding carboxylic acids is 3. The lowest BCUT2D eigenvalue weighted by Gasteiger charge is -2.12. The number of nitro groups is 1. The lowest BCUT2D eigenvalue weighted by atomic mass is 10.0. The second kappa shape index (κ2) is 9.70. The fourth-order valence-electron chi connectivity index (χ4n) is 3.40. The predicted molar refractivity (Wildman–Crippen MR) is 132 cm³/mol. The summed E-state index contributed by atoms with van der Waals surface area (Å²) in [6.07, 6.45) is 0. The van der Waals surface area contributed by atoms with E-state index in [0.717, 1.165) is 0 Å². The van der Waals surface area contributed by atoms with Gasteiger partial charge in [-0.25, -0.2) is 9.78 Å². The summed E-state index contributed by atoms with van der Waals surface area (Å²) in [5.74, 6) is -0.911. The van der Waals surface area contributed by atoms with Crippen molar-refractivity contribution in [1.82, 2.24) is 10.3 Å². The standard InChI is InChI=1S/C25H17ClN4O5/c1-14(31)16-4-11-22-20(12-16)21(13-23(28-22)15-2-9-19(10-3-15)30(34)35)24(32)29-25(33)27-18-7-5-17(26)6-8-18/h2-13H,1H3,(H2,27,29,32,33). The van der Waals surface area contributed by atoms with E-state index >= 15 is 0 Å². The molecule has 0 fully saturated rings. The van der Waals surface area contributed by atoms with Crippen molar-refractivity contribution in [3.05, 3.63) is 99.1 Å². The quantitative estimate of drug-likeness (QED) is 0.212. The van der Waals surface area contributed by atoms with Crippen molar-refractivity contribution in [3.63, 3.8) is 0 Å². The molecule has 35 heavy (non-hydrogen) atoms. The van der Waals surface area contributed by atoms with Crippen LogP contribution in [0.5, 0.6) is 0 Å². The number of nitrogens with one attached hydrogen (secondary N) is 2. The normalized spacial score (nSPS) is 10.6. The highest BCUT2D eigenvalue weighted by Gasteiger charge is 2.18. The summed E-state index contributed by atoms with van der Waals surface area (Å²) in [6, 6.07) is 17.5. The molecule has 9 nitrogen and oxygen atoms in total. The third-order valence-electron chi connectivity index (χ3n) is 5.16. The number of benzene rings is 3. The number of ketones is 1. The van der Waals surface area contributed by atoms with Crippen LogP contribution in [0.15, 0.2) is 72.8 Å². The van der Waals surface area contributed by atoms with Gasteiger partial charge in [0, 0.05) is 39.4 Å². The zero-order chi connectivity index (χ0) is 25.1. The fourth-order valence-corrected chi connectivity index (χ4v) is 3.53. The van der Waals surface area contributed by atoms with Crippen LogP contribution < -0.4 is 10.6 Å². The highest BCUT2D eigenvalue weighted by molar-refractivity contribution is 6.30. The Morgan fingerprint density at radius 1 is 0.943 bits per heavy atom. The molecular weight excluding hydrogens is 472 g/mol. The number of non-ortho nitro benzene ring substituents is 1. The van der Waals surface area contributed by atoms with Gasteiger partial charge in [-0.15, -0.1) is 0 Å². The van der Waals surface area contributed by atoms with Crippen LogP contribution in [0.25, 0.3) is 22.2 Å². The van der Waals surface area contributed by atoms with Gasteiger partial charge in [-0.3, -0.25) is 25.0 Å². The van der Waals surface area contributed by atoms with E-state index in [1.165, 1.54) is 43.3 Å². The van der Waals surface area contributed by atoms with Gasteiger partial charge in [-0.05, 0) is 67.6 Å². The second-order valence-corrected chi connectivity index (χ2v) is 8.00. The van der Waals surface area contributed by atoms with E-state index in [-0.39, 0.29) is 17.0 Å². The topological polar surface area (TPSA) is 131 Å². The number of hydrogen-bond donors (Lipinski definition) is 2. The SMILES string of the molecule is CC(=O)c1ccc2nc(-c3ccc([N+](=O)[O-])cc3)cc(C(=O)NC(=O)Nc3ccc(Cl)cc3)c2c1. The summed E-state index contributed by atoms with van der Waals surface area (Å²) in [6.45, 7) is 1.40. The molecule has 3 aromatic carbocycles. The minimum Gasteiger partial charge on any atom is -0.308 e. The number of pyridine rings is 1. The Morgan fingerprint density at radius 3 is 2.26 bits per heavy atom. The number of aromatic nitrogens is 1. The first-order chi connectivity index (χ1) is 16.7. The number of halogens is 1. The van der Waals surface area contributed by atoms with Crippen molar-refractivity contribution >= 4 is 51.6 Å². The van der Waals surface area contributed by atoms with Crippen molar-refractivity contribution in [3.8, 4) is 11.3 Å². The second-order valence-electron chi connectivity index (χ2n) is 7.56. The Hall–Kier alpha value is -4.63. The number of Topliss-reactive ketones (excluding diaryl/α,β-unsaturated/α-hetero) is 1. The van der Waals surface area contributed by atoms with Crippen LogP contribution in [0.1, 0.15) is 27.6 Å². The molecule has 1 aromatic heterocycles. The first kappa shape index (κ1) is 23.5. The maximum atomic E-state index is 13.1. The largest absolute Gasteiger partial charge is 0.326 e. The maximum Gasteiger partial charge on any atom is 0.326 e. The number of hydrogen-bond acceptors (Lipinski definition) is 6. The molecule has 0 saturated carbocycles. The van der Waals surface area contributed by atoms with Crippen LogP contribution in [0.2, 0.25) is 5.02 Å². The van der Waals surface area contributed by atoms with Crippen LogP contribution in [-0.2, 0) is 0 Å². The molecule has 10 heteroatoms. The van der Waals surface area contributed by atoms with Crippen LogP contribution >= 0.6 is 11.6 Å². The fraction of sp³-hybridized carbons (Fsp3) is 0.0400. The molecule has 0 radical (unpaired) electrons. The molecular formula is C25H17ClN4O5. The average Bonchev–Trinajstić information content (AvgIpc) is 2.84. The number of urea groups is 1. The highest BCUT2D eigenvalue weighted by atomic mass is 35.5. The monoisotopic (exact) mass is 488 g/mol. The Bertz CT molecular complexity index is 1480. The minimum absolute atomic E-state index is 0.0857. The smallest absolute Gasteiger partial charge is 0.308 e. The van der Waals surface area contributed by atoms with E-state index in [1.54, 1.807) is 36.4 Å². The number of carbonyl (C=O) groups is 3. The molecule has 0 aliphatic carbocycles. The first-order valence-electron chi connectivity index (χ1n) is 10.3. The summed E-state index contributed by atoms with van der Waals surface area (Å²) >= 11 is 5.85. The molecule has 0 aliphatic rings. The van der Waals surface area contributed by atoms with E-state index in [9.17, 15) is 24.5 Å². The van der Waals surface area contributed by atoms with Gasteiger partial charge in [-0.2, -0.15) is 0 Å². The van der Waals surface area contributed by atoms with Gasteiger partial charge in [0.1, 0.15) is 0 Å². The van der Waals surface area contributed by atoms with Gasteiger partial charge in [0.15, 0.2) is 5.78 Å². The number of amides is 3. The van der Waals surface area contributed by atoms with Crippen LogP contribution in [-0.4, -0.2) is 27.6 Å². The summed E-state index contributed by atoms with van der Waals surface area (Å²) in [5, 5.41) is 16.7. The number of imide groups is 1. The van der Waals surface area contributed by atoms with Gasteiger partial charge < -0.3 is 5.32 Å². The summed E-state index contributed by atoms with van der Waals surface area (Å²) < 4.78 is 0. The van der Waals surface area contributed by atoms with Crippen molar-refractivity contribution in [2.75, 3.05) is 5.32 Å². The van der Waals surface area contributed by atoms with Crippen LogP contribution in [0, 0.1) is 10.1 Å². The van der Waals surface area contributed by atoms with Crippen molar-refractivity contribution < 1.29 is 19.3 Å². The molecule has 4 aromatic rings. The number of rotatable bonds is 5. The molecule has 1 heterocycles. The van der Waals surface area contributed by atoms with E-state index in [0.29, 0.717) is 38.4 Å². The molecule has 0 saturated heterocycles. The maximum absolute atomic E-state index is 13.1. The Kier molecular flexibility index (Phi) is 6.52. The molecule has 4 rings (SSSR count). The minimum atomic E-state index is -0.762. The summed E-state index contributed by atoms with van der Waals surface area (Å²) in [5.41, 5.74) is 2.15. The van der Waals surface area contributed by atoms with Gasteiger partial charge in [-0.1, -0.05) is 11.6 Å². The third-order valence-corrected chi connectivity index (χ3v) is 5.41. The molecule has 2 N–H and O–H groups in total. The zero-order valence-corrected chi connectivity index (χ0v) is 19.0. The summed E-state index contributed by atoms with van der Waals surface area (Å²) in [4.78, 5) is 52.5. The predicted octanol–water partition coefficient (Wildman–Crippen LogP) is 5.63. The Morgan fingerprint density at radius 2 is 1.63 bits per heavy atom. The molecule has 3 amide bonds. The molecule has 174 valence electrons. The molecule has 0 aliphatic heterocycles. The molecule has 0 unspecified atom stereocenters. The van der Waals surface area contributed by atoms with Crippen molar-refractivity contribution in [1.29, 1.82) is 0 Å². The lowest BCUT2D eigenvalue weighted by molar-refractivity contribution is -0.384. The molecule has 0 atom stereocenters. The van der Waals surface area contributed by atoms with E-state index in [2.05, 4.69) is 15.6 Å². The van der Waals surface area contributed by atoms with Crippen molar-refractivity contribution in [2.24, 2.45) is 0 Å². The molecule has 0 bridgehead atoms. The zero-order valence-electron chi connectivity index (χ0n) is 18.2. The van der Waals surface area contributed by atoms with E-state index in [1.807, 2.05) is 0 Å². The Balaban J connectivity index is 1.72. The highest BCUT2D eigenvalue weighted by Crippen LogP contribution is 2.27. The number of anilines is 1. The number of fused-ring (bicyclic) bond motifs is 1. The van der Waals surface area contributed by atoms with Gasteiger partial charge in [0.05, 0.1) is 21.7 Å². The van der Waals surface area contributed by atoms with Gasteiger partial charge >= 0.3 is 6.03 Å². The summed E-state index contributed by atoms with van der Waals surface area (Å²) in [7, 11) is 0. The van der Waals surface area contributed by atoms with E-state index < -0.39 is 16.9 Å². The first-order valence-corrected chi connectivity index (χ1v) is 10.7. The van der Waals surface area contributed by atoms with Gasteiger partial charge in [0.25, 0.3) is 11.6 Å². The number of nitrogens with zero attached hydrogens (tertiary/aromatic N) is 2. The average molecular weight is 489 g/mol.